The molecule has 1 aliphatic carbocycles. The summed E-state index contributed by atoms with van der Waals surface area (Å²) in [7, 11) is 0. The molecule has 114 valence electrons. The second-order valence-electron chi connectivity index (χ2n) is 7.09. The fourth-order valence-electron chi connectivity index (χ4n) is 3.27. The monoisotopic (exact) mass is 279 g/mol. The smallest absolute Gasteiger partial charge is 0.0866 e. The lowest BCUT2D eigenvalue weighted by Crippen LogP contribution is -2.50. The fourth-order valence-corrected chi connectivity index (χ4v) is 3.27. The summed E-state index contributed by atoms with van der Waals surface area (Å²) >= 11 is 0. The molecule has 20 heavy (non-hydrogen) atoms. The summed E-state index contributed by atoms with van der Waals surface area (Å²) < 4.78 is 0. The van der Waals surface area contributed by atoms with Gasteiger partial charge in [-0.2, -0.15) is 5.26 Å². The first-order valence-corrected chi connectivity index (χ1v) is 8.09. The highest BCUT2D eigenvalue weighted by atomic mass is 16.3. The third-order valence-electron chi connectivity index (χ3n) is 4.46. The number of aliphatic hydroxyl groups excluding tert-OH is 1. The van der Waals surface area contributed by atoms with Crippen molar-refractivity contribution in [1.29, 1.82) is 5.26 Å². The van der Waals surface area contributed by atoms with Gasteiger partial charge in [0.1, 0.15) is 0 Å². The van der Waals surface area contributed by atoms with Crippen molar-refractivity contribution in [3.8, 4) is 6.07 Å². The average molecular weight is 279 g/mol. The summed E-state index contributed by atoms with van der Waals surface area (Å²) in [4.78, 5) is 2.24. The largest absolute Gasteiger partial charge is 0.393 e. The van der Waals surface area contributed by atoms with Crippen LogP contribution in [0, 0.1) is 29.1 Å². The molecule has 4 nitrogen and oxygen atoms in total. The minimum Gasteiger partial charge on any atom is -0.393 e. The van der Waals surface area contributed by atoms with Crippen LogP contribution in [0.25, 0.3) is 0 Å². The Morgan fingerprint density at radius 1 is 1.35 bits per heavy atom. The van der Waals surface area contributed by atoms with Crippen molar-refractivity contribution in [1.82, 2.24) is 10.2 Å². The Hall–Kier alpha value is -0.630. The third-order valence-corrected chi connectivity index (χ3v) is 4.46. The first kappa shape index (κ1) is 15.8. The first-order valence-electron chi connectivity index (χ1n) is 8.09. The van der Waals surface area contributed by atoms with Crippen LogP contribution in [-0.2, 0) is 0 Å². The highest BCUT2D eigenvalue weighted by molar-refractivity contribution is 4.90. The Kier molecular flexibility index (Phi) is 5.83. The van der Waals surface area contributed by atoms with Crippen LogP contribution >= 0.6 is 0 Å². The number of likely N-dealkylation sites (tertiary alicyclic amines) is 1. The third kappa shape index (κ3) is 5.05. The van der Waals surface area contributed by atoms with Crippen molar-refractivity contribution in [3.63, 3.8) is 0 Å². The van der Waals surface area contributed by atoms with Gasteiger partial charge in [-0.05, 0) is 50.0 Å². The zero-order valence-electron chi connectivity index (χ0n) is 12.9. The van der Waals surface area contributed by atoms with Gasteiger partial charge in [0.05, 0.1) is 18.7 Å². The number of nitrogens with zero attached hydrogens (tertiary/aromatic N) is 2. The van der Waals surface area contributed by atoms with E-state index in [2.05, 4.69) is 30.1 Å². The molecule has 4 heteroatoms. The molecule has 1 saturated heterocycles. The van der Waals surface area contributed by atoms with E-state index in [0.717, 1.165) is 32.5 Å². The molecule has 0 bridgehead atoms. The van der Waals surface area contributed by atoms with Gasteiger partial charge in [0, 0.05) is 19.1 Å². The van der Waals surface area contributed by atoms with Gasteiger partial charge in [-0.3, -0.25) is 4.90 Å². The normalized spacial score (nSPS) is 29.4. The number of piperidine rings is 1. The van der Waals surface area contributed by atoms with E-state index in [1.165, 1.54) is 12.8 Å². The van der Waals surface area contributed by atoms with Gasteiger partial charge in [0.25, 0.3) is 0 Å². The summed E-state index contributed by atoms with van der Waals surface area (Å²) in [6.07, 6.45) is 4.33. The summed E-state index contributed by atoms with van der Waals surface area (Å²) in [5.74, 6) is 1.73. The zero-order chi connectivity index (χ0) is 14.5. The van der Waals surface area contributed by atoms with Crippen LogP contribution < -0.4 is 5.32 Å². The lowest BCUT2D eigenvalue weighted by Gasteiger charge is -2.38. The summed E-state index contributed by atoms with van der Waals surface area (Å²) in [6.45, 7) is 7.92. The molecule has 0 aromatic heterocycles. The first-order chi connectivity index (χ1) is 9.58. The van der Waals surface area contributed by atoms with Crippen molar-refractivity contribution < 1.29 is 5.11 Å². The maximum Gasteiger partial charge on any atom is 0.0866 e. The molecular formula is C16H29N3O. The van der Waals surface area contributed by atoms with E-state index < -0.39 is 0 Å². The molecule has 3 atom stereocenters. The Balaban J connectivity index is 1.84. The average Bonchev–Trinajstić information content (AvgIpc) is 3.20. The van der Waals surface area contributed by atoms with Gasteiger partial charge in [-0.15, -0.1) is 0 Å². The molecule has 0 spiro atoms. The number of hydrogen-bond acceptors (Lipinski definition) is 4. The molecule has 0 aromatic carbocycles. The highest BCUT2D eigenvalue weighted by Gasteiger charge is 2.34. The molecule has 0 aromatic rings. The molecule has 2 aliphatic rings. The highest BCUT2D eigenvalue weighted by Crippen LogP contribution is 2.36. The van der Waals surface area contributed by atoms with Gasteiger partial charge in [0.2, 0.25) is 0 Å². The lowest BCUT2D eigenvalue weighted by atomic mass is 9.88. The van der Waals surface area contributed by atoms with E-state index in [9.17, 15) is 5.11 Å². The van der Waals surface area contributed by atoms with Gasteiger partial charge in [-0.25, -0.2) is 0 Å². The number of nitriles is 1. The van der Waals surface area contributed by atoms with E-state index in [1.807, 2.05) is 0 Å². The predicted molar refractivity (Wildman–Crippen MR) is 80.1 cm³/mol. The van der Waals surface area contributed by atoms with Crippen molar-refractivity contribution in [3.05, 3.63) is 0 Å². The molecule has 1 aliphatic heterocycles. The fraction of sp³-hybridized carbons (Fsp3) is 0.938. The lowest BCUT2D eigenvalue weighted by molar-refractivity contribution is 0.0792. The standard InChI is InChI=1S/C16H29N3O/c1-12(2)9-18-15-7-13(8-16(20)14-3-4-14)10-19(11-15)6-5-17/h12-16,18,20H,3-4,6-11H2,1-2H3. The van der Waals surface area contributed by atoms with Crippen LogP contribution in [-0.4, -0.2) is 48.3 Å². The number of rotatable bonds is 7. The van der Waals surface area contributed by atoms with Gasteiger partial charge < -0.3 is 10.4 Å². The van der Waals surface area contributed by atoms with Crippen molar-refractivity contribution in [2.75, 3.05) is 26.2 Å². The maximum atomic E-state index is 10.2. The number of hydrogen-bond donors (Lipinski definition) is 2. The zero-order valence-corrected chi connectivity index (χ0v) is 12.9. The Morgan fingerprint density at radius 3 is 2.70 bits per heavy atom. The van der Waals surface area contributed by atoms with Crippen LogP contribution in [0.4, 0.5) is 0 Å². The summed E-state index contributed by atoms with van der Waals surface area (Å²) in [5.41, 5.74) is 0. The van der Waals surface area contributed by atoms with Gasteiger partial charge >= 0.3 is 0 Å². The maximum absolute atomic E-state index is 10.2. The minimum atomic E-state index is -0.118. The molecule has 2 rings (SSSR count). The van der Waals surface area contributed by atoms with Crippen molar-refractivity contribution in [2.45, 2.75) is 51.7 Å². The summed E-state index contributed by atoms with van der Waals surface area (Å²) in [6, 6.07) is 2.74. The number of nitrogens with one attached hydrogen (secondary N) is 1. The van der Waals surface area contributed by atoms with E-state index in [4.69, 9.17) is 5.26 Å². The van der Waals surface area contributed by atoms with E-state index in [-0.39, 0.29) is 6.10 Å². The van der Waals surface area contributed by atoms with Gasteiger partial charge in [0.15, 0.2) is 0 Å². The quantitative estimate of drug-likeness (QED) is 0.695. The summed E-state index contributed by atoms with van der Waals surface area (Å²) in [5, 5.41) is 22.7. The topological polar surface area (TPSA) is 59.3 Å². The van der Waals surface area contributed by atoms with Crippen LogP contribution in [0.15, 0.2) is 0 Å². The van der Waals surface area contributed by atoms with Crippen LogP contribution in [0.5, 0.6) is 0 Å². The number of aliphatic hydroxyl groups is 1. The van der Waals surface area contributed by atoms with E-state index in [1.54, 1.807) is 0 Å². The van der Waals surface area contributed by atoms with E-state index >= 15 is 0 Å². The SMILES string of the molecule is CC(C)CNC1CC(CC(O)C2CC2)CN(CC#N)C1. The van der Waals surface area contributed by atoms with Crippen molar-refractivity contribution in [2.24, 2.45) is 17.8 Å². The minimum absolute atomic E-state index is 0.118. The Bertz CT molecular complexity index is 335. The van der Waals surface area contributed by atoms with Gasteiger partial charge in [-0.1, -0.05) is 13.8 Å². The molecule has 0 radical (unpaired) electrons. The molecule has 3 unspecified atom stereocenters. The second-order valence-corrected chi connectivity index (χ2v) is 7.09. The van der Waals surface area contributed by atoms with Crippen molar-refractivity contribution >= 4 is 0 Å². The molecule has 2 N–H and O–H groups in total. The second kappa shape index (κ2) is 7.40. The Morgan fingerprint density at radius 2 is 2.10 bits per heavy atom. The molecule has 2 fully saturated rings. The molecule has 1 heterocycles. The van der Waals surface area contributed by atoms with Crippen LogP contribution in [0.1, 0.15) is 39.5 Å². The predicted octanol–water partition coefficient (Wildman–Crippen LogP) is 1.61. The molecular weight excluding hydrogens is 250 g/mol. The van der Waals surface area contributed by atoms with Crippen LogP contribution in [0.3, 0.4) is 0 Å². The Labute approximate surface area is 123 Å². The molecule has 0 amide bonds. The molecule has 1 saturated carbocycles. The van der Waals surface area contributed by atoms with E-state index in [0.29, 0.717) is 30.3 Å². The van der Waals surface area contributed by atoms with Crippen LogP contribution in [0.2, 0.25) is 0 Å².